The van der Waals surface area contributed by atoms with Crippen molar-refractivity contribution in [2.75, 3.05) is 27.2 Å². The SMILES string of the molecule is CN(C)S(=O)(=O)NC1CCCNC1. The van der Waals surface area contributed by atoms with Gasteiger partial charge in [-0.15, -0.1) is 0 Å². The summed E-state index contributed by atoms with van der Waals surface area (Å²) in [7, 11) is -0.202. The summed E-state index contributed by atoms with van der Waals surface area (Å²) >= 11 is 0. The zero-order valence-electron chi connectivity index (χ0n) is 8.08. The quantitative estimate of drug-likeness (QED) is 0.633. The molecule has 1 rings (SSSR count). The highest BCUT2D eigenvalue weighted by molar-refractivity contribution is 7.87. The average Bonchev–Trinajstić information content (AvgIpc) is 2.05. The van der Waals surface area contributed by atoms with E-state index in [-0.39, 0.29) is 6.04 Å². The summed E-state index contributed by atoms with van der Waals surface area (Å²) in [6.07, 6.45) is 1.95. The van der Waals surface area contributed by atoms with Gasteiger partial charge in [0.25, 0.3) is 10.2 Å². The lowest BCUT2D eigenvalue weighted by Gasteiger charge is -2.25. The average molecular weight is 207 g/mol. The third kappa shape index (κ3) is 3.22. The molecule has 0 saturated carbocycles. The molecule has 1 atom stereocenters. The van der Waals surface area contributed by atoms with Crippen molar-refractivity contribution < 1.29 is 8.42 Å². The monoisotopic (exact) mass is 207 g/mol. The molecule has 0 aromatic rings. The summed E-state index contributed by atoms with van der Waals surface area (Å²) in [6, 6.07) is 0.0427. The van der Waals surface area contributed by atoms with Crippen LogP contribution in [0.15, 0.2) is 0 Å². The minimum Gasteiger partial charge on any atom is -0.315 e. The van der Waals surface area contributed by atoms with Gasteiger partial charge in [0, 0.05) is 26.7 Å². The Hall–Kier alpha value is -0.170. The summed E-state index contributed by atoms with van der Waals surface area (Å²) in [4.78, 5) is 0. The standard InChI is InChI=1S/C7H17N3O2S/c1-10(2)13(11,12)9-7-4-3-5-8-6-7/h7-9H,3-6H2,1-2H3. The van der Waals surface area contributed by atoms with Crippen LogP contribution in [0.5, 0.6) is 0 Å². The van der Waals surface area contributed by atoms with Crippen LogP contribution < -0.4 is 10.0 Å². The summed E-state index contributed by atoms with van der Waals surface area (Å²) < 4.78 is 26.6. The van der Waals surface area contributed by atoms with Crippen molar-refractivity contribution in [2.45, 2.75) is 18.9 Å². The number of rotatable bonds is 3. The Morgan fingerprint density at radius 2 is 2.15 bits per heavy atom. The van der Waals surface area contributed by atoms with Gasteiger partial charge in [-0.25, -0.2) is 0 Å². The van der Waals surface area contributed by atoms with Crippen LogP contribution in [-0.2, 0) is 10.2 Å². The molecule has 78 valence electrons. The van der Waals surface area contributed by atoms with Gasteiger partial charge in [-0.2, -0.15) is 17.4 Å². The second-order valence-electron chi connectivity index (χ2n) is 3.45. The molecule has 1 aliphatic heterocycles. The predicted octanol–water partition coefficient (Wildman–Crippen LogP) is -0.866. The second-order valence-corrected chi connectivity index (χ2v) is 5.36. The van der Waals surface area contributed by atoms with E-state index in [4.69, 9.17) is 0 Å². The Morgan fingerprint density at radius 1 is 1.46 bits per heavy atom. The van der Waals surface area contributed by atoms with Gasteiger partial charge in [0.05, 0.1) is 0 Å². The number of nitrogens with one attached hydrogen (secondary N) is 2. The van der Waals surface area contributed by atoms with E-state index in [9.17, 15) is 8.42 Å². The van der Waals surface area contributed by atoms with Crippen LogP contribution in [0.2, 0.25) is 0 Å². The van der Waals surface area contributed by atoms with Crippen LogP contribution in [0.4, 0.5) is 0 Å². The van der Waals surface area contributed by atoms with Gasteiger partial charge in [-0.1, -0.05) is 0 Å². The molecule has 0 aromatic carbocycles. The lowest BCUT2D eigenvalue weighted by molar-refractivity contribution is 0.414. The third-order valence-corrected chi connectivity index (χ3v) is 3.69. The maximum Gasteiger partial charge on any atom is 0.279 e. The summed E-state index contributed by atoms with van der Waals surface area (Å²) in [5.41, 5.74) is 0. The van der Waals surface area contributed by atoms with Gasteiger partial charge in [0.15, 0.2) is 0 Å². The van der Waals surface area contributed by atoms with Gasteiger partial charge in [-0.05, 0) is 19.4 Å². The highest BCUT2D eigenvalue weighted by Crippen LogP contribution is 2.03. The first-order valence-corrected chi connectivity index (χ1v) is 5.87. The normalized spacial score (nSPS) is 25.0. The number of piperidine rings is 1. The minimum absolute atomic E-state index is 0.0427. The van der Waals surface area contributed by atoms with Crippen molar-refractivity contribution in [3.8, 4) is 0 Å². The summed E-state index contributed by atoms with van der Waals surface area (Å²) in [6.45, 7) is 1.72. The van der Waals surface area contributed by atoms with Crippen molar-refractivity contribution in [3.63, 3.8) is 0 Å². The van der Waals surface area contributed by atoms with Crippen molar-refractivity contribution in [1.29, 1.82) is 0 Å². The van der Waals surface area contributed by atoms with E-state index in [1.54, 1.807) is 0 Å². The van der Waals surface area contributed by atoms with Crippen molar-refractivity contribution in [3.05, 3.63) is 0 Å². The maximum absolute atomic E-state index is 11.4. The molecule has 1 aliphatic rings. The molecule has 2 N–H and O–H groups in total. The van der Waals surface area contributed by atoms with E-state index in [2.05, 4.69) is 10.0 Å². The van der Waals surface area contributed by atoms with E-state index in [0.29, 0.717) is 0 Å². The molecular formula is C7H17N3O2S. The molecule has 0 radical (unpaired) electrons. The molecule has 1 saturated heterocycles. The summed E-state index contributed by atoms with van der Waals surface area (Å²) in [5.74, 6) is 0. The van der Waals surface area contributed by atoms with E-state index in [1.165, 1.54) is 18.4 Å². The van der Waals surface area contributed by atoms with Crippen molar-refractivity contribution >= 4 is 10.2 Å². The highest BCUT2D eigenvalue weighted by atomic mass is 32.2. The number of nitrogens with zero attached hydrogens (tertiary/aromatic N) is 1. The molecule has 1 fully saturated rings. The first-order valence-electron chi connectivity index (χ1n) is 4.43. The molecule has 1 heterocycles. The molecule has 1 unspecified atom stereocenters. The Kier molecular flexibility index (Phi) is 3.66. The van der Waals surface area contributed by atoms with E-state index in [0.717, 1.165) is 25.9 Å². The van der Waals surface area contributed by atoms with Crippen LogP contribution in [0.3, 0.4) is 0 Å². The fourth-order valence-electron chi connectivity index (χ4n) is 1.27. The molecule has 0 spiro atoms. The van der Waals surface area contributed by atoms with Crippen LogP contribution in [-0.4, -0.2) is 45.9 Å². The van der Waals surface area contributed by atoms with Crippen LogP contribution in [0.25, 0.3) is 0 Å². The lowest BCUT2D eigenvalue weighted by Crippen LogP contribution is -2.48. The fourth-order valence-corrected chi connectivity index (χ4v) is 2.10. The lowest BCUT2D eigenvalue weighted by atomic mass is 10.1. The van der Waals surface area contributed by atoms with Gasteiger partial charge in [0.1, 0.15) is 0 Å². The van der Waals surface area contributed by atoms with Gasteiger partial charge in [0.2, 0.25) is 0 Å². The zero-order valence-corrected chi connectivity index (χ0v) is 8.89. The molecule has 0 aliphatic carbocycles. The first kappa shape index (κ1) is 10.9. The fraction of sp³-hybridized carbons (Fsp3) is 1.00. The Labute approximate surface area is 79.7 Å². The molecule has 13 heavy (non-hydrogen) atoms. The minimum atomic E-state index is -3.25. The molecule has 0 aromatic heterocycles. The molecule has 5 nitrogen and oxygen atoms in total. The largest absolute Gasteiger partial charge is 0.315 e. The van der Waals surface area contributed by atoms with Gasteiger partial charge in [-0.3, -0.25) is 0 Å². The van der Waals surface area contributed by atoms with Gasteiger partial charge < -0.3 is 5.32 Å². The number of hydrogen-bond acceptors (Lipinski definition) is 3. The molecule has 0 amide bonds. The van der Waals surface area contributed by atoms with Crippen molar-refractivity contribution in [2.24, 2.45) is 0 Å². The van der Waals surface area contributed by atoms with E-state index in [1.807, 2.05) is 0 Å². The third-order valence-electron chi connectivity index (χ3n) is 2.09. The van der Waals surface area contributed by atoms with E-state index < -0.39 is 10.2 Å². The Morgan fingerprint density at radius 3 is 2.62 bits per heavy atom. The second kappa shape index (κ2) is 4.36. The van der Waals surface area contributed by atoms with Crippen LogP contribution in [0, 0.1) is 0 Å². The van der Waals surface area contributed by atoms with Crippen molar-refractivity contribution in [1.82, 2.24) is 14.3 Å². The smallest absolute Gasteiger partial charge is 0.279 e. The molecular weight excluding hydrogens is 190 g/mol. The number of hydrogen-bond donors (Lipinski definition) is 2. The highest BCUT2D eigenvalue weighted by Gasteiger charge is 2.20. The van der Waals surface area contributed by atoms with Gasteiger partial charge >= 0.3 is 0 Å². The summed E-state index contributed by atoms with van der Waals surface area (Å²) in [5, 5.41) is 3.15. The van der Waals surface area contributed by atoms with Crippen LogP contribution >= 0.6 is 0 Å². The first-order chi connectivity index (χ1) is 6.02. The van der Waals surface area contributed by atoms with Crippen LogP contribution in [0.1, 0.15) is 12.8 Å². The Balaban J connectivity index is 2.47. The van der Waals surface area contributed by atoms with E-state index >= 15 is 0 Å². The zero-order chi connectivity index (χ0) is 9.90. The topological polar surface area (TPSA) is 61.4 Å². The maximum atomic E-state index is 11.4. The molecule has 6 heteroatoms. The predicted molar refractivity (Wildman–Crippen MR) is 51.6 cm³/mol. The molecule has 0 bridgehead atoms. The Bertz CT molecular complexity index is 244.